The molecule has 4 unspecified atom stereocenters. The number of thiocarbonyl (C=S) groups is 4. The fourth-order valence-electron chi connectivity index (χ4n) is 12.6. The van der Waals surface area contributed by atoms with E-state index in [1.54, 1.807) is 61.7 Å². The van der Waals surface area contributed by atoms with Crippen LogP contribution >= 0.6 is 104 Å². The predicted octanol–water partition coefficient (Wildman–Crippen LogP) is 14.1. The Bertz CT molecular complexity index is 4920. The van der Waals surface area contributed by atoms with Crippen molar-refractivity contribution >= 4 is 170 Å². The van der Waals surface area contributed by atoms with Gasteiger partial charge in [0.2, 0.25) is 0 Å². The molecule has 10 N–H and O–H groups in total. The molecule has 0 amide bonds. The number of hydrogen-bond acceptors (Lipinski definition) is 12. The number of nitrogens with one attached hydrogen (secondary N) is 8. The highest BCUT2D eigenvalue weighted by atomic mass is 79.9. The number of para-hydroxylation sites is 1. The van der Waals surface area contributed by atoms with E-state index in [2.05, 4.69) is 81.0 Å². The summed E-state index contributed by atoms with van der Waals surface area (Å²) in [5, 5.41) is 47.4. The molecule has 8 aromatic carbocycles. The van der Waals surface area contributed by atoms with Crippen molar-refractivity contribution in [3.8, 4) is 23.0 Å². The number of phenolic OH excluding ortho intramolecular Hbond substituents is 2. The molecule has 0 bridgehead atoms. The number of carbonyl (C=O) groups is 4. The Kier molecular flexibility index (Phi) is 18.4. The molecule has 478 valence electrons. The first-order valence-electron chi connectivity index (χ1n) is 29.5. The summed E-state index contributed by atoms with van der Waals surface area (Å²) < 4.78 is 12.8. The molecule has 0 fully saturated rings. The summed E-state index contributed by atoms with van der Waals surface area (Å²) in [7, 11) is 1.62. The van der Waals surface area contributed by atoms with E-state index in [4.69, 9.17) is 81.5 Å². The van der Waals surface area contributed by atoms with Crippen molar-refractivity contribution < 1.29 is 38.9 Å². The third-order valence-corrected chi connectivity index (χ3v) is 19.8. The molecule has 16 nitrogen and oxygen atoms in total. The first-order chi connectivity index (χ1) is 46.3. The molecule has 0 spiro atoms. The molecular weight excluding hydrogens is 1460 g/mol. The Morgan fingerprint density at radius 2 is 0.823 bits per heavy atom. The van der Waals surface area contributed by atoms with E-state index < -0.39 is 12.1 Å². The highest BCUT2D eigenvalue weighted by Crippen LogP contribution is 2.48. The molecule has 0 radical (unpaired) electrons. The Labute approximate surface area is 598 Å². The van der Waals surface area contributed by atoms with Gasteiger partial charge in [0.25, 0.3) is 0 Å². The van der Waals surface area contributed by atoms with Crippen LogP contribution in [0.25, 0.3) is 22.8 Å². The number of aromatic hydroxyl groups is 2. The second-order valence-corrected chi connectivity index (χ2v) is 26.5. The summed E-state index contributed by atoms with van der Waals surface area (Å²) >= 11 is 41.0. The van der Waals surface area contributed by atoms with Gasteiger partial charge in [-0.15, -0.1) is 0 Å². The number of benzene rings is 8. The lowest BCUT2D eigenvalue weighted by Gasteiger charge is -2.29. The average molecular weight is 1510 g/mol. The molecule has 4 aliphatic carbocycles. The van der Waals surface area contributed by atoms with Crippen LogP contribution in [0.4, 0.5) is 0 Å². The number of methoxy groups -OCH3 is 1. The van der Waals surface area contributed by atoms with Gasteiger partial charge in [0.15, 0.2) is 43.6 Å². The highest BCUT2D eigenvalue weighted by Gasteiger charge is 2.44. The number of ketones is 4. The summed E-state index contributed by atoms with van der Waals surface area (Å²) in [6.07, 6.45) is 1.69. The van der Waals surface area contributed by atoms with Crippen molar-refractivity contribution in [1.82, 2.24) is 42.5 Å². The number of hydrogen-bond donors (Lipinski definition) is 10. The fraction of sp³-hybridized carbons (Fsp3) is 0.0833. The van der Waals surface area contributed by atoms with Gasteiger partial charge in [-0.1, -0.05) is 165 Å². The van der Waals surface area contributed by atoms with Crippen LogP contribution < -0.4 is 52.0 Å². The zero-order valence-corrected chi connectivity index (χ0v) is 57.9. The van der Waals surface area contributed by atoms with Crippen LogP contribution in [0.1, 0.15) is 110 Å². The van der Waals surface area contributed by atoms with Gasteiger partial charge < -0.3 is 62.2 Å². The van der Waals surface area contributed by atoms with Gasteiger partial charge in [-0.05, 0) is 133 Å². The highest BCUT2D eigenvalue weighted by molar-refractivity contribution is 9.10. The lowest BCUT2D eigenvalue weighted by Crippen LogP contribution is -2.43. The molecule has 0 aromatic heterocycles. The molecular formula is C72H50Br2Cl2N8O8S4. The number of carbonyl (C=O) groups excluding carboxylic acids is 4. The summed E-state index contributed by atoms with van der Waals surface area (Å²) in [4.78, 5) is 51.7. The van der Waals surface area contributed by atoms with Crippen LogP contribution in [0.15, 0.2) is 214 Å². The SMILES string of the molecule is C=CCOc1ccccc1C1NC(=S)NC2=C1C(=O)c1ccccc12.COc1ccc(Br)c(C2NC(=S)NC3=C2C(=O)c2ccccc23)c1.O=C1C2=C(NC(=S)NC2c2c(Cl)cccc2Cl)c2ccccc21.O=C1C2=C(NC(=S)NC2c2cc(O)ccc2Br)c2cc(O)ccc21. The molecule has 4 aliphatic heterocycles. The van der Waals surface area contributed by atoms with Gasteiger partial charge in [-0.2, -0.15) is 0 Å². The third-order valence-electron chi connectivity index (χ3n) is 16.8. The number of Topliss-reactive ketones (excluding diaryl/α,β-unsaturated/α-hetero) is 4. The molecule has 0 saturated heterocycles. The minimum atomic E-state index is -0.503. The zero-order chi connectivity index (χ0) is 67.4. The monoisotopic (exact) mass is 1510 g/mol. The minimum absolute atomic E-state index is 0.0108. The maximum Gasteiger partial charge on any atom is 0.194 e. The predicted molar refractivity (Wildman–Crippen MR) is 394 cm³/mol. The maximum absolute atomic E-state index is 13.0. The van der Waals surface area contributed by atoms with Gasteiger partial charge in [-0.3, -0.25) is 19.2 Å². The van der Waals surface area contributed by atoms with Crippen LogP contribution in [-0.4, -0.2) is 67.5 Å². The van der Waals surface area contributed by atoms with E-state index in [1.807, 2.05) is 115 Å². The largest absolute Gasteiger partial charge is 0.508 e. The molecule has 0 saturated carbocycles. The van der Waals surface area contributed by atoms with E-state index in [0.29, 0.717) is 110 Å². The number of ether oxygens (including phenoxy) is 2. The first kappa shape index (κ1) is 65.3. The Balaban J connectivity index is 0.000000116. The van der Waals surface area contributed by atoms with E-state index in [9.17, 15) is 29.4 Å². The smallest absolute Gasteiger partial charge is 0.194 e. The Hall–Kier alpha value is -9.36. The normalized spacial score (nSPS) is 18.7. The second kappa shape index (κ2) is 27.0. The van der Waals surface area contributed by atoms with Crippen LogP contribution in [0, 0.1) is 0 Å². The molecule has 16 rings (SSSR count). The Morgan fingerprint density at radius 3 is 1.30 bits per heavy atom. The summed E-state index contributed by atoms with van der Waals surface area (Å²) in [6, 6.07) is 49.1. The molecule has 4 heterocycles. The molecule has 8 aliphatic rings. The molecule has 96 heavy (non-hydrogen) atoms. The summed E-state index contributed by atoms with van der Waals surface area (Å²) in [6.45, 7) is 4.08. The lowest BCUT2D eigenvalue weighted by molar-refractivity contribution is 0.102. The van der Waals surface area contributed by atoms with E-state index in [0.717, 1.165) is 59.6 Å². The van der Waals surface area contributed by atoms with Crippen LogP contribution in [0.2, 0.25) is 10.0 Å². The van der Waals surface area contributed by atoms with Gasteiger partial charge in [-0.25, -0.2) is 0 Å². The van der Waals surface area contributed by atoms with Crippen LogP contribution in [-0.2, 0) is 0 Å². The number of halogens is 4. The van der Waals surface area contributed by atoms with Gasteiger partial charge >= 0.3 is 0 Å². The average Bonchev–Trinajstić information content (AvgIpc) is 1.61. The van der Waals surface area contributed by atoms with Gasteiger partial charge in [0, 0.05) is 74.6 Å². The zero-order valence-electron chi connectivity index (χ0n) is 50.0. The van der Waals surface area contributed by atoms with Crippen LogP contribution in [0.3, 0.4) is 0 Å². The summed E-state index contributed by atoms with van der Waals surface area (Å²) in [5.74, 6) is 1.46. The van der Waals surface area contributed by atoms with Crippen molar-refractivity contribution in [2.45, 2.75) is 24.2 Å². The van der Waals surface area contributed by atoms with Gasteiger partial charge in [0.05, 0.1) is 76.4 Å². The van der Waals surface area contributed by atoms with Crippen LogP contribution in [0.5, 0.6) is 23.0 Å². The standard InChI is InChI=1S/C20H16N2O2S.C18H13BrN2O2S.C17H11BrN2O3S.C17H10Cl2N2OS/c1-2-11-24-15-10-6-5-9-14(15)18-16-17(21-20(25)22-18)12-7-3-4-8-13(12)19(16)23;1-23-9-6-7-13(19)12(8-9)16-14-15(20-18(24)21-16)10-4-2-3-5-11(10)17(14)22;18-12-4-2-8(22)6-11(12)15-13-14(19-17(24)20-15)10-5-7(21)1-3-9(10)16(13)23;18-10-6-3-7-11(19)12(10)15-13-14(20-17(23)21-15)8-4-1-2-5-9(8)16(13)22/h2-10,18H,1,11H2,(H2,21,22,25);2-8,16H,1H3,(H2,20,21,24);1-6,15,21-22H,(H2,19,20,24);1-7,15H,(H2,20,21,23). The molecule has 8 aromatic rings. The summed E-state index contributed by atoms with van der Waals surface area (Å²) in [5.41, 5.74) is 14.3. The Morgan fingerprint density at radius 1 is 0.448 bits per heavy atom. The number of fused-ring (bicyclic) bond motifs is 8. The molecule has 24 heteroatoms. The second-order valence-electron chi connectivity index (χ2n) is 22.3. The van der Waals surface area contributed by atoms with Crippen molar-refractivity contribution in [3.05, 3.63) is 291 Å². The quantitative estimate of drug-likeness (QED) is 0.0504. The van der Waals surface area contributed by atoms with E-state index in [-0.39, 0.29) is 46.7 Å². The van der Waals surface area contributed by atoms with Crippen molar-refractivity contribution in [2.75, 3.05) is 13.7 Å². The minimum Gasteiger partial charge on any atom is -0.508 e. The van der Waals surface area contributed by atoms with E-state index in [1.165, 1.54) is 6.07 Å². The lowest BCUT2D eigenvalue weighted by atomic mass is 9.94. The number of rotatable bonds is 8. The third kappa shape index (κ3) is 12.1. The fourth-order valence-corrected chi connectivity index (χ4v) is 15.1. The van der Waals surface area contributed by atoms with Crippen molar-refractivity contribution in [3.63, 3.8) is 0 Å². The van der Waals surface area contributed by atoms with Crippen molar-refractivity contribution in [2.24, 2.45) is 0 Å². The first-order valence-corrected chi connectivity index (χ1v) is 33.5. The number of phenols is 2. The topological polar surface area (TPSA) is 223 Å². The van der Waals surface area contributed by atoms with E-state index >= 15 is 0 Å². The maximum atomic E-state index is 13.0. The molecule has 4 atom stereocenters. The van der Waals surface area contributed by atoms with Gasteiger partial charge in [0.1, 0.15) is 29.6 Å². The van der Waals surface area contributed by atoms with Crippen molar-refractivity contribution in [1.29, 1.82) is 0 Å².